The molecule has 2 aromatic heterocycles. The fraction of sp³-hybridized carbons (Fsp3) is 0. The second-order valence-electron chi connectivity index (χ2n) is 5.44. The van der Waals surface area contributed by atoms with Crippen LogP contribution in [0.1, 0.15) is 31.2 Å². The van der Waals surface area contributed by atoms with E-state index in [9.17, 15) is 14.4 Å². The fourth-order valence-corrected chi connectivity index (χ4v) is 2.67. The summed E-state index contributed by atoms with van der Waals surface area (Å²) in [5.41, 5.74) is 1.31. The van der Waals surface area contributed by atoms with Crippen molar-refractivity contribution in [1.82, 2.24) is 15.0 Å². The van der Waals surface area contributed by atoms with Gasteiger partial charge in [0, 0.05) is 18.0 Å². The van der Waals surface area contributed by atoms with Crippen molar-refractivity contribution in [3.63, 3.8) is 0 Å². The number of hydrogen-bond donors (Lipinski definition) is 0. The Kier molecular flexibility index (Phi) is 3.74. The highest BCUT2D eigenvalue weighted by Crippen LogP contribution is 2.25. The second kappa shape index (κ2) is 6.21. The lowest BCUT2D eigenvalue weighted by Crippen LogP contribution is -2.33. The summed E-state index contributed by atoms with van der Waals surface area (Å²) in [6, 6.07) is 14.8. The molecule has 7 nitrogen and oxygen atoms in total. The van der Waals surface area contributed by atoms with Gasteiger partial charge in [0.2, 0.25) is 0 Å². The average Bonchev–Trinajstić information content (AvgIpc) is 2.94. The summed E-state index contributed by atoms with van der Waals surface area (Å²) in [5, 5.41) is 0.462. The van der Waals surface area contributed by atoms with E-state index < -0.39 is 17.8 Å². The van der Waals surface area contributed by atoms with Crippen molar-refractivity contribution < 1.29 is 19.2 Å². The molecule has 0 saturated carbocycles. The lowest BCUT2D eigenvalue weighted by molar-refractivity contribution is -0.0587. The number of carbonyl (C=O) groups excluding carboxylic acids is 3. The van der Waals surface area contributed by atoms with Crippen LogP contribution in [0.15, 0.2) is 67.0 Å². The van der Waals surface area contributed by atoms with Gasteiger partial charge in [0.1, 0.15) is 0 Å². The molecule has 0 spiro atoms. The number of amides is 2. The summed E-state index contributed by atoms with van der Waals surface area (Å²) in [5.74, 6) is -2.29. The molecule has 0 aliphatic carbocycles. The Labute approximate surface area is 147 Å². The Balaban J connectivity index is 1.65. The molecule has 1 aliphatic rings. The van der Waals surface area contributed by atoms with E-state index in [0.717, 1.165) is 0 Å². The van der Waals surface area contributed by atoms with Crippen LogP contribution in [0.5, 0.6) is 0 Å². The fourth-order valence-electron chi connectivity index (χ4n) is 2.67. The van der Waals surface area contributed by atoms with E-state index in [1.165, 1.54) is 18.3 Å². The van der Waals surface area contributed by atoms with Gasteiger partial charge in [-0.25, -0.2) is 9.78 Å². The molecule has 3 heterocycles. The highest BCUT2D eigenvalue weighted by molar-refractivity contribution is 6.21. The molecule has 0 radical (unpaired) electrons. The molecule has 0 N–H and O–H groups in total. The predicted octanol–water partition coefficient (Wildman–Crippen LogP) is 2.51. The van der Waals surface area contributed by atoms with Gasteiger partial charge in [-0.3, -0.25) is 14.6 Å². The molecular formula is C19H11N3O4. The zero-order chi connectivity index (χ0) is 18.1. The van der Waals surface area contributed by atoms with Crippen LogP contribution in [0.2, 0.25) is 0 Å². The van der Waals surface area contributed by atoms with Crippen LogP contribution in [0, 0.1) is 0 Å². The number of fused-ring (bicyclic) bond motifs is 1. The quantitative estimate of drug-likeness (QED) is 0.678. The van der Waals surface area contributed by atoms with E-state index in [1.807, 2.05) is 0 Å². The van der Waals surface area contributed by atoms with Gasteiger partial charge in [0.25, 0.3) is 11.8 Å². The molecule has 3 aromatic rings. The van der Waals surface area contributed by atoms with Gasteiger partial charge in [0.15, 0.2) is 5.69 Å². The minimum atomic E-state index is -0.916. The van der Waals surface area contributed by atoms with E-state index in [-0.39, 0.29) is 16.8 Å². The summed E-state index contributed by atoms with van der Waals surface area (Å²) in [4.78, 5) is 50.5. The second-order valence-corrected chi connectivity index (χ2v) is 5.44. The zero-order valence-electron chi connectivity index (χ0n) is 13.3. The molecule has 126 valence electrons. The topological polar surface area (TPSA) is 89.5 Å². The first-order valence-electron chi connectivity index (χ1n) is 7.73. The molecule has 26 heavy (non-hydrogen) atoms. The molecule has 1 aromatic carbocycles. The van der Waals surface area contributed by atoms with Crippen molar-refractivity contribution in [2.75, 3.05) is 0 Å². The number of benzene rings is 1. The Morgan fingerprint density at radius 2 is 1.38 bits per heavy atom. The number of aromatic nitrogens is 2. The lowest BCUT2D eigenvalue weighted by Gasteiger charge is -2.13. The van der Waals surface area contributed by atoms with Gasteiger partial charge >= 0.3 is 5.97 Å². The van der Waals surface area contributed by atoms with Crippen LogP contribution in [0.25, 0.3) is 11.3 Å². The maximum absolute atomic E-state index is 12.6. The van der Waals surface area contributed by atoms with Crippen LogP contribution in [-0.2, 0) is 4.84 Å². The first-order valence-corrected chi connectivity index (χ1v) is 7.73. The summed E-state index contributed by atoms with van der Waals surface area (Å²) in [6.45, 7) is 0. The van der Waals surface area contributed by atoms with Gasteiger partial charge < -0.3 is 4.84 Å². The monoisotopic (exact) mass is 345 g/mol. The Morgan fingerprint density at radius 1 is 0.769 bits per heavy atom. The van der Waals surface area contributed by atoms with Crippen molar-refractivity contribution in [2.45, 2.75) is 0 Å². The summed E-state index contributed by atoms with van der Waals surface area (Å²) < 4.78 is 0. The third-order valence-electron chi connectivity index (χ3n) is 3.87. The number of hydroxylamine groups is 2. The maximum atomic E-state index is 12.6. The van der Waals surface area contributed by atoms with Gasteiger partial charge in [-0.2, -0.15) is 0 Å². The van der Waals surface area contributed by atoms with E-state index >= 15 is 0 Å². The van der Waals surface area contributed by atoms with E-state index in [1.54, 1.807) is 48.7 Å². The highest BCUT2D eigenvalue weighted by atomic mass is 16.7. The van der Waals surface area contributed by atoms with Crippen LogP contribution in [-0.4, -0.2) is 32.8 Å². The van der Waals surface area contributed by atoms with Crippen LogP contribution >= 0.6 is 0 Å². The molecule has 7 heteroatoms. The lowest BCUT2D eigenvalue weighted by atomic mass is 10.1. The smallest absolute Gasteiger partial charge is 0.322 e. The predicted molar refractivity (Wildman–Crippen MR) is 89.8 cm³/mol. The Morgan fingerprint density at radius 3 is 2.04 bits per heavy atom. The Hall–Kier alpha value is -3.87. The highest BCUT2D eigenvalue weighted by Gasteiger charge is 2.39. The van der Waals surface area contributed by atoms with Crippen molar-refractivity contribution >= 4 is 17.8 Å². The van der Waals surface area contributed by atoms with Gasteiger partial charge in [-0.1, -0.05) is 23.3 Å². The van der Waals surface area contributed by atoms with Crippen molar-refractivity contribution in [3.05, 3.63) is 83.8 Å². The van der Waals surface area contributed by atoms with Crippen LogP contribution in [0.3, 0.4) is 0 Å². The number of carbonyl (C=O) groups is 3. The molecule has 0 saturated heterocycles. The SMILES string of the molecule is O=C(ON1C(=O)c2ccccc2C1=O)c1ncccc1-c1ccccn1. The molecular weight excluding hydrogens is 334 g/mol. The van der Waals surface area contributed by atoms with Crippen LogP contribution < -0.4 is 0 Å². The molecule has 1 aliphatic heterocycles. The molecule has 0 bridgehead atoms. The summed E-state index contributed by atoms with van der Waals surface area (Å²) in [7, 11) is 0. The number of imide groups is 1. The maximum Gasteiger partial charge on any atom is 0.382 e. The van der Waals surface area contributed by atoms with Gasteiger partial charge in [-0.05, 0) is 36.4 Å². The summed E-state index contributed by atoms with van der Waals surface area (Å²) >= 11 is 0. The van der Waals surface area contributed by atoms with Crippen LogP contribution in [0.4, 0.5) is 0 Å². The molecule has 4 rings (SSSR count). The van der Waals surface area contributed by atoms with Crippen molar-refractivity contribution in [2.24, 2.45) is 0 Å². The number of rotatable bonds is 3. The number of nitrogens with zero attached hydrogens (tertiary/aromatic N) is 3. The Bertz CT molecular complexity index is 999. The van der Waals surface area contributed by atoms with Crippen molar-refractivity contribution in [3.8, 4) is 11.3 Å². The van der Waals surface area contributed by atoms with Crippen molar-refractivity contribution in [1.29, 1.82) is 0 Å². The molecule has 0 unspecified atom stereocenters. The molecule has 0 atom stereocenters. The van der Waals surface area contributed by atoms with E-state index in [2.05, 4.69) is 9.97 Å². The number of hydrogen-bond acceptors (Lipinski definition) is 6. The third kappa shape index (κ3) is 2.51. The molecule has 0 fully saturated rings. The van der Waals surface area contributed by atoms with Gasteiger partial charge in [0.05, 0.1) is 16.8 Å². The zero-order valence-corrected chi connectivity index (χ0v) is 13.3. The average molecular weight is 345 g/mol. The minimum Gasteiger partial charge on any atom is -0.322 e. The van der Waals surface area contributed by atoms with E-state index in [4.69, 9.17) is 4.84 Å². The standard InChI is InChI=1S/C19H11N3O4/c23-17-12-6-1-2-7-13(12)18(24)22(17)26-19(25)16-14(8-5-11-21-16)15-9-3-4-10-20-15/h1-11H. The minimum absolute atomic E-state index is 0.0391. The van der Waals surface area contributed by atoms with Gasteiger partial charge in [-0.15, -0.1) is 0 Å². The third-order valence-corrected chi connectivity index (χ3v) is 3.87. The summed E-state index contributed by atoms with van der Waals surface area (Å²) in [6.07, 6.45) is 3.01. The first kappa shape index (κ1) is 15.6. The first-order chi connectivity index (χ1) is 12.7. The molecule has 2 amide bonds. The van der Waals surface area contributed by atoms with E-state index in [0.29, 0.717) is 16.3 Å². The normalized spacial score (nSPS) is 12.8. The number of pyridine rings is 2. The largest absolute Gasteiger partial charge is 0.382 e.